The van der Waals surface area contributed by atoms with Gasteiger partial charge in [-0.3, -0.25) is 0 Å². The van der Waals surface area contributed by atoms with Gasteiger partial charge in [0, 0.05) is 4.88 Å². The molecule has 2 N–H and O–H groups in total. The average Bonchev–Trinajstić information content (AvgIpc) is 2.80. The second kappa shape index (κ2) is 5.90. The molecule has 0 aliphatic rings. The number of hydrogen-bond donors (Lipinski definition) is 1. The zero-order valence-corrected chi connectivity index (χ0v) is 13.7. The van der Waals surface area contributed by atoms with Crippen molar-refractivity contribution in [3.05, 3.63) is 40.8 Å². The molecular formula is C17H21NO2S. The lowest BCUT2D eigenvalue weighted by atomic mass is 9.83. The maximum atomic E-state index is 11.9. The van der Waals surface area contributed by atoms with Crippen LogP contribution in [-0.4, -0.2) is 12.6 Å². The second-order valence-electron chi connectivity index (χ2n) is 5.91. The highest BCUT2D eigenvalue weighted by molar-refractivity contribution is 7.18. The molecule has 0 fully saturated rings. The molecule has 0 aliphatic carbocycles. The molecule has 0 saturated carbocycles. The predicted molar refractivity (Wildman–Crippen MR) is 88.8 cm³/mol. The fraction of sp³-hybridized carbons (Fsp3) is 0.353. The summed E-state index contributed by atoms with van der Waals surface area (Å²) in [6.45, 7) is 8.67. The number of anilines is 1. The number of nitrogens with two attached hydrogens (primary N) is 1. The summed E-state index contributed by atoms with van der Waals surface area (Å²) in [5.41, 5.74) is 8.85. The van der Waals surface area contributed by atoms with Gasteiger partial charge in [0.05, 0.1) is 12.3 Å². The number of nitrogen functional groups attached to an aromatic ring is 1. The molecular weight excluding hydrogens is 282 g/mol. The van der Waals surface area contributed by atoms with Gasteiger partial charge < -0.3 is 10.5 Å². The highest BCUT2D eigenvalue weighted by atomic mass is 32.1. The Balaban J connectivity index is 2.50. The molecule has 3 nitrogen and oxygen atoms in total. The minimum atomic E-state index is -0.348. The lowest BCUT2D eigenvalue weighted by Crippen LogP contribution is -2.12. The molecule has 0 radical (unpaired) electrons. The Kier molecular flexibility index (Phi) is 4.37. The highest BCUT2D eigenvalue weighted by Crippen LogP contribution is 2.39. The molecule has 0 unspecified atom stereocenters. The molecule has 1 heterocycles. The first-order chi connectivity index (χ1) is 9.84. The van der Waals surface area contributed by atoms with Gasteiger partial charge in [0.25, 0.3) is 0 Å². The maximum absolute atomic E-state index is 11.9. The molecule has 2 aromatic rings. The summed E-state index contributed by atoms with van der Waals surface area (Å²) in [4.78, 5) is 13.4. The van der Waals surface area contributed by atoms with Crippen molar-refractivity contribution in [3.63, 3.8) is 0 Å². The zero-order valence-electron chi connectivity index (χ0n) is 12.9. The van der Waals surface area contributed by atoms with Crippen molar-refractivity contribution < 1.29 is 9.53 Å². The van der Waals surface area contributed by atoms with Gasteiger partial charge in [-0.05, 0) is 29.5 Å². The standard InChI is InChI=1S/C17H21NO2S/c1-5-20-16(19)15-13(18)10-14(21-15)11-8-6-7-9-12(11)17(2,3)4/h6-10H,5,18H2,1-4H3. The summed E-state index contributed by atoms with van der Waals surface area (Å²) in [6.07, 6.45) is 0. The normalized spacial score (nSPS) is 11.4. The van der Waals surface area contributed by atoms with Crippen LogP contribution in [0, 0.1) is 0 Å². The van der Waals surface area contributed by atoms with Gasteiger partial charge in [-0.2, -0.15) is 0 Å². The van der Waals surface area contributed by atoms with Crippen molar-refractivity contribution in [2.24, 2.45) is 0 Å². The van der Waals surface area contributed by atoms with E-state index in [9.17, 15) is 4.79 Å². The number of carbonyl (C=O) groups is 1. The Morgan fingerprint density at radius 2 is 1.95 bits per heavy atom. The van der Waals surface area contributed by atoms with Gasteiger partial charge in [-0.25, -0.2) is 4.79 Å². The van der Waals surface area contributed by atoms with Gasteiger partial charge >= 0.3 is 5.97 Å². The fourth-order valence-electron chi connectivity index (χ4n) is 2.25. The van der Waals surface area contributed by atoms with Crippen LogP contribution < -0.4 is 5.73 Å². The number of thiophene rings is 1. The largest absolute Gasteiger partial charge is 0.462 e. The molecule has 0 aliphatic heterocycles. The number of esters is 1. The molecule has 0 atom stereocenters. The summed E-state index contributed by atoms with van der Waals surface area (Å²) >= 11 is 1.39. The van der Waals surface area contributed by atoms with Gasteiger partial charge in [0.15, 0.2) is 0 Å². The van der Waals surface area contributed by atoms with Crippen LogP contribution in [0.3, 0.4) is 0 Å². The van der Waals surface area contributed by atoms with Crippen molar-refractivity contribution >= 4 is 23.0 Å². The molecule has 21 heavy (non-hydrogen) atoms. The van der Waals surface area contributed by atoms with E-state index in [1.54, 1.807) is 6.92 Å². The van der Waals surface area contributed by atoms with Crippen molar-refractivity contribution in [3.8, 4) is 10.4 Å². The molecule has 0 amide bonds. The van der Waals surface area contributed by atoms with E-state index in [1.165, 1.54) is 16.9 Å². The first-order valence-corrected chi connectivity index (χ1v) is 7.82. The molecule has 1 aromatic carbocycles. The third kappa shape index (κ3) is 3.27. The Morgan fingerprint density at radius 3 is 2.57 bits per heavy atom. The predicted octanol–water partition coefficient (Wildman–Crippen LogP) is 4.47. The summed E-state index contributed by atoms with van der Waals surface area (Å²) in [5, 5.41) is 0. The SMILES string of the molecule is CCOC(=O)c1sc(-c2ccccc2C(C)(C)C)cc1N. The van der Waals surface area contributed by atoms with E-state index in [2.05, 4.69) is 32.9 Å². The molecule has 0 spiro atoms. The van der Waals surface area contributed by atoms with Crippen LogP contribution in [-0.2, 0) is 10.2 Å². The van der Waals surface area contributed by atoms with E-state index in [0.29, 0.717) is 17.2 Å². The molecule has 112 valence electrons. The van der Waals surface area contributed by atoms with Crippen molar-refractivity contribution in [2.45, 2.75) is 33.1 Å². The number of ether oxygens (including phenoxy) is 1. The van der Waals surface area contributed by atoms with E-state index in [1.807, 2.05) is 18.2 Å². The third-order valence-electron chi connectivity index (χ3n) is 3.22. The summed E-state index contributed by atoms with van der Waals surface area (Å²) < 4.78 is 5.05. The van der Waals surface area contributed by atoms with E-state index in [0.717, 1.165) is 10.4 Å². The second-order valence-corrected chi connectivity index (χ2v) is 6.96. The molecule has 0 bridgehead atoms. The van der Waals surface area contributed by atoms with Crippen LogP contribution in [0.1, 0.15) is 42.9 Å². The monoisotopic (exact) mass is 303 g/mol. The van der Waals surface area contributed by atoms with E-state index in [4.69, 9.17) is 10.5 Å². The molecule has 1 aromatic heterocycles. The average molecular weight is 303 g/mol. The van der Waals surface area contributed by atoms with Crippen LogP contribution in [0.15, 0.2) is 30.3 Å². The van der Waals surface area contributed by atoms with E-state index >= 15 is 0 Å². The molecule has 0 saturated heterocycles. The Labute approximate surface area is 129 Å². The quantitative estimate of drug-likeness (QED) is 0.851. The summed E-state index contributed by atoms with van der Waals surface area (Å²) in [7, 11) is 0. The van der Waals surface area contributed by atoms with E-state index in [-0.39, 0.29) is 11.4 Å². The lowest BCUT2D eigenvalue weighted by molar-refractivity contribution is 0.0533. The summed E-state index contributed by atoms with van der Waals surface area (Å²) in [6, 6.07) is 10.1. The zero-order chi connectivity index (χ0) is 15.6. The Morgan fingerprint density at radius 1 is 1.29 bits per heavy atom. The molecule has 2 rings (SSSR count). The Hall–Kier alpha value is -1.81. The fourth-order valence-corrected chi connectivity index (χ4v) is 3.26. The van der Waals surface area contributed by atoms with Crippen molar-refractivity contribution in [1.82, 2.24) is 0 Å². The smallest absolute Gasteiger partial charge is 0.350 e. The van der Waals surface area contributed by atoms with Crippen LogP contribution in [0.2, 0.25) is 0 Å². The first kappa shape index (κ1) is 15.6. The first-order valence-electron chi connectivity index (χ1n) is 7.01. The number of carbonyl (C=O) groups excluding carboxylic acids is 1. The number of benzene rings is 1. The topological polar surface area (TPSA) is 52.3 Å². The summed E-state index contributed by atoms with van der Waals surface area (Å²) in [5.74, 6) is -0.348. The van der Waals surface area contributed by atoms with Gasteiger partial charge in [-0.15, -0.1) is 11.3 Å². The van der Waals surface area contributed by atoms with Crippen LogP contribution in [0.4, 0.5) is 5.69 Å². The third-order valence-corrected chi connectivity index (χ3v) is 4.39. The van der Waals surface area contributed by atoms with Crippen LogP contribution in [0.25, 0.3) is 10.4 Å². The van der Waals surface area contributed by atoms with E-state index < -0.39 is 0 Å². The van der Waals surface area contributed by atoms with Gasteiger partial charge in [0.2, 0.25) is 0 Å². The Bertz CT molecular complexity index is 653. The minimum absolute atomic E-state index is 0.0272. The highest BCUT2D eigenvalue weighted by Gasteiger charge is 2.22. The minimum Gasteiger partial charge on any atom is -0.462 e. The van der Waals surface area contributed by atoms with Crippen molar-refractivity contribution in [2.75, 3.05) is 12.3 Å². The van der Waals surface area contributed by atoms with Crippen molar-refractivity contribution in [1.29, 1.82) is 0 Å². The lowest BCUT2D eigenvalue weighted by Gasteiger charge is -2.22. The number of rotatable bonds is 3. The van der Waals surface area contributed by atoms with Gasteiger partial charge in [-0.1, -0.05) is 45.0 Å². The van der Waals surface area contributed by atoms with Crippen LogP contribution >= 0.6 is 11.3 Å². The van der Waals surface area contributed by atoms with Gasteiger partial charge in [0.1, 0.15) is 4.88 Å². The van der Waals surface area contributed by atoms with Crippen LogP contribution in [0.5, 0.6) is 0 Å². The molecule has 4 heteroatoms. The maximum Gasteiger partial charge on any atom is 0.350 e. The number of hydrogen-bond acceptors (Lipinski definition) is 4.